The summed E-state index contributed by atoms with van der Waals surface area (Å²) in [6.07, 6.45) is 0.876. The van der Waals surface area contributed by atoms with Gasteiger partial charge in [0.25, 0.3) is 5.91 Å². The van der Waals surface area contributed by atoms with Crippen LogP contribution in [-0.4, -0.2) is 5.91 Å². The average Bonchev–Trinajstić information content (AvgIpc) is 2.43. The van der Waals surface area contributed by atoms with Gasteiger partial charge in [0.2, 0.25) is 0 Å². The number of amides is 1. The molecular weight excluding hydrogens is 385 g/mol. The van der Waals surface area contributed by atoms with Crippen LogP contribution in [0.1, 0.15) is 28.4 Å². The number of carbonyl (C=O) groups excluding carboxylic acids is 1. The molecule has 0 bridgehead atoms. The van der Waals surface area contributed by atoms with E-state index in [-0.39, 0.29) is 5.91 Å². The van der Waals surface area contributed by atoms with E-state index in [0.717, 1.165) is 26.8 Å². The molecule has 0 saturated carbocycles. The third-order valence-electron chi connectivity index (χ3n) is 3.13. The van der Waals surface area contributed by atoms with Crippen molar-refractivity contribution in [3.8, 4) is 0 Å². The number of halogens is 2. The Balaban J connectivity index is 2.25. The molecule has 2 nitrogen and oxygen atoms in total. The fraction of sp³-hybridized carbons (Fsp3) is 0.188. The van der Waals surface area contributed by atoms with Gasteiger partial charge in [-0.25, -0.2) is 0 Å². The van der Waals surface area contributed by atoms with E-state index in [1.54, 1.807) is 12.1 Å². The summed E-state index contributed by atoms with van der Waals surface area (Å²) < 4.78 is 1.16. The van der Waals surface area contributed by atoms with E-state index in [9.17, 15) is 4.79 Å². The van der Waals surface area contributed by atoms with Gasteiger partial charge >= 0.3 is 0 Å². The first-order valence-corrected chi connectivity index (χ1v) is 7.83. The Hall–Kier alpha value is -1.07. The average molecular weight is 400 g/mol. The Bertz CT molecular complexity index is 655. The Morgan fingerprint density at radius 3 is 2.65 bits per heavy atom. The van der Waals surface area contributed by atoms with Gasteiger partial charge in [0, 0.05) is 19.8 Å². The largest absolute Gasteiger partial charge is 0.322 e. The maximum atomic E-state index is 12.3. The quantitative estimate of drug-likeness (QED) is 0.718. The summed E-state index contributed by atoms with van der Waals surface area (Å²) >= 11 is 8.33. The number of nitrogens with one attached hydrogen (secondary N) is 1. The van der Waals surface area contributed by atoms with Crippen molar-refractivity contribution in [1.82, 2.24) is 0 Å². The van der Waals surface area contributed by atoms with Gasteiger partial charge in [0.05, 0.1) is 0 Å². The Labute approximate surface area is 137 Å². The maximum Gasteiger partial charge on any atom is 0.255 e. The smallest absolute Gasteiger partial charge is 0.255 e. The van der Waals surface area contributed by atoms with Gasteiger partial charge in [-0.15, -0.1) is 0 Å². The molecule has 2 aromatic rings. The van der Waals surface area contributed by atoms with Crippen molar-refractivity contribution in [1.29, 1.82) is 0 Å². The van der Waals surface area contributed by atoms with Crippen LogP contribution in [0.5, 0.6) is 0 Å². The van der Waals surface area contributed by atoms with Crippen LogP contribution >= 0.6 is 34.2 Å². The van der Waals surface area contributed by atoms with E-state index in [2.05, 4.69) is 40.9 Å². The predicted molar refractivity (Wildman–Crippen MR) is 92.7 cm³/mol. The third kappa shape index (κ3) is 3.52. The van der Waals surface area contributed by atoms with Crippen molar-refractivity contribution in [2.75, 3.05) is 5.32 Å². The fourth-order valence-electron chi connectivity index (χ4n) is 1.91. The molecule has 2 aromatic carbocycles. The SMILES string of the molecule is CCc1cc(I)ccc1NC(=O)c1ccc(C)c(Cl)c1. The zero-order valence-corrected chi connectivity index (χ0v) is 14.2. The predicted octanol–water partition coefficient (Wildman–Crippen LogP) is 5.07. The summed E-state index contributed by atoms with van der Waals surface area (Å²) in [4.78, 5) is 12.3. The van der Waals surface area contributed by atoms with E-state index in [0.29, 0.717) is 10.6 Å². The molecule has 0 aliphatic heterocycles. The molecule has 0 heterocycles. The second-order valence-corrected chi connectivity index (χ2v) is 6.23. The molecule has 0 aliphatic carbocycles. The molecule has 4 heteroatoms. The molecule has 0 atom stereocenters. The summed E-state index contributed by atoms with van der Waals surface area (Å²) in [7, 11) is 0. The molecule has 2 rings (SSSR count). The van der Waals surface area contributed by atoms with E-state index in [4.69, 9.17) is 11.6 Å². The lowest BCUT2D eigenvalue weighted by molar-refractivity contribution is 0.102. The van der Waals surface area contributed by atoms with Crippen molar-refractivity contribution in [3.05, 3.63) is 61.7 Å². The van der Waals surface area contributed by atoms with Gasteiger partial charge < -0.3 is 5.32 Å². The van der Waals surface area contributed by atoms with Crippen LogP contribution in [0, 0.1) is 10.5 Å². The molecule has 1 amide bonds. The van der Waals surface area contributed by atoms with Gasteiger partial charge in [-0.1, -0.05) is 24.6 Å². The highest BCUT2D eigenvalue weighted by Crippen LogP contribution is 2.22. The van der Waals surface area contributed by atoms with Crippen LogP contribution in [-0.2, 0) is 6.42 Å². The fourth-order valence-corrected chi connectivity index (χ4v) is 2.64. The van der Waals surface area contributed by atoms with Crippen LogP contribution in [0.3, 0.4) is 0 Å². The molecule has 0 fully saturated rings. The van der Waals surface area contributed by atoms with Crippen LogP contribution in [0.4, 0.5) is 5.69 Å². The van der Waals surface area contributed by atoms with Crippen molar-refractivity contribution in [2.24, 2.45) is 0 Å². The summed E-state index contributed by atoms with van der Waals surface area (Å²) in [5.41, 5.74) is 3.52. The van der Waals surface area contributed by atoms with Crippen molar-refractivity contribution >= 4 is 45.8 Å². The summed E-state index contributed by atoms with van der Waals surface area (Å²) in [6.45, 7) is 3.99. The van der Waals surface area contributed by atoms with Gasteiger partial charge in [0.15, 0.2) is 0 Å². The first-order chi connectivity index (χ1) is 9.51. The number of rotatable bonds is 3. The van der Waals surface area contributed by atoms with Gasteiger partial charge in [0.1, 0.15) is 0 Å². The molecule has 1 N–H and O–H groups in total. The van der Waals surface area contributed by atoms with Crippen molar-refractivity contribution < 1.29 is 4.79 Å². The van der Waals surface area contributed by atoms with Gasteiger partial charge in [-0.2, -0.15) is 0 Å². The Kier molecular flexibility index (Phi) is 5.05. The molecule has 0 spiro atoms. The lowest BCUT2D eigenvalue weighted by Crippen LogP contribution is -2.13. The molecule has 0 saturated heterocycles. The van der Waals surface area contributed by atoms with Crippen LogP contribution in [0.2, 0.25) is 5.02 Å². The molecule has 20 heavy (non-hydrogen) atoms. The highest BCUT2D eigenvalue weighted by atomic mass is 127. The Morgan fingerprint density at radius 1 is 1.25 bits per heavy atom. The number of aryl methyl sites for hydroxylation is 2. The van der Waals surface area contributed by atoms with E-state index >= 15 is 0 Å². The number of hydrogen-bond donors (Lipinski definition) is 1. The second-order valence-electron chi connectivity index (χ2n) is 4.57. The minimum Gasteiger partial charge on any atom is -0.322 e. The normalized spacial score (nSPS) is 10.4. The highest BCUT2D eigenvalue weighted by Gasteiger charge is 2.10. The highest BCUT2D eigenvalue weighted by molar-refractivity contribution is 14.1. The molecule has 0 unspecified atom stereocenters. The zero-order valence-electron chi connectivity index (χ0n) is 11.3. The maximum absolute atomic E-state index is 12.3. The van der Waals surface area contributed by atoms with E-state index < -0.39 is 0 Å². The summed E-state index contributed by atoms with van der Waals surface area (Å²) in [5, 5.41) is 3.56. The lowest BCUT2D eigenvalue weighted by atomic mass is 10.1. The van der Waals surface area contributed by atoms with E-state index in [1.165, 1.54) is 0 Å². The molecular formula is C16H15ClINO. The number of hydrogen-bond acceptors (Lipinski definition) is 1. The zero-order chi connectivity index (χ0) is 14.7. The Morgan fingerprint density at radius 2 is 2.00 bits per heavy atom. The van der Waals surface area contributed by atoms with Crippen LogP contribution in [0.15, 0.2) is 36.4 Å². The number of anilines is 1. The first kappa shape index (κ1) is 15.3. The summed E-state index contributed by atoms with van der Waals surface area (Å²) in [5.74, 6) is -0.136. The third-order valence-corrected chi connectivity index (χ3v) is 4.21. The minimum atomic E-state index is -0.136. The second kappa shape index (κ2) is 6.59. The molecule has 0 radical (unpaired) electrons. The molecule has 0 aliphatic rings. The molecule has 104 valence electrons. The van der Waals surface area contributed by atoms with Gasteiger partial charge in [-0.3, -0.25) is 4.79 Å². The van der Waals surface area contributed by atoms with Crippen molar-refractivity contribution in [3.63, 3.8) is 0 Å². The first-order valence-electron chi connectivity index (χ1n) is 6.37. The number of benzene rings is 2. The topological polar surface area (TPSA) is 29.1 Å². The lowest BCUT2D eigenvalue weighted by Gasteiger charge is -2.11. The standard InChI is InChI=1S/C16H15ClINO/c1-3-11-8-13(18)6-7-15(11)19-16(20)12-5-4-10(2)14(17)9-12/h4-9H,3H2,1-2H3,(H,19,20). The summed E-state index contributed by atoms with van der Waals surface area (Å²) in [6, 6.07) is 11.3. The van der Waals surface area contributed by atoms with Crippen LogP contribution in [0.25, 0.3) is 0 Å². The van der Waals surface area contributed by atoms with E-state index in [1.807, 2.05) is 25.1 Å². The minimum absolute atomic E-state index is 0.136. The number of carbonyl (C=O) groups is 1. The van der Waals surface area contributed by atoms with Gasteiger partial charge in [-0.05, 0) is 77.4 Å². The van der Waals surface area contributed by atoms with Crippen molar-refractivity contribution in [2.45, 2.75) is 20.3 Å². The molecule has 0 aromatic heterocycles. The van der Waals surface area contributed by atoms with Crippen LogP contribution < -0.4 is 5.32 Å². The monoisotopic (exact) mass is 399 g/mol.